The summed E-state index contributed by atoms with van der Waals surface area (Å²) in [7, 11) is 0. The van der Waals surface area contributed by atoms with E-state index in [1.807, 2.05) is 18.4 Å². The lowest BCUT2D eigenvalue weighted by molar-refractivity contribution is 0.102. The molecule has 1 atom stereocenters. The SMILES string of the molecule is Cc1cc(C)cc(C(C)(O)c2ccsc2C)c1. The summed E-state index contributed by atoms with van der Waals surface area (Å²) in [5, 5.41) is 12.8. The minimum atomic E-state index is -0.902. The maximum Gasteiger partial charge on any atom is 0.113 e. The molecule has 0 amide bonds. The van der Waals surface area contributed by atoms with Crippen molar-refractivity contribution in [3.8, 4) is 0 Å². The van der Waals surface area contributed by atoms with Gasteiger partial charge in [-0.3, -0.25) is 0 Å². The Bertz CT molecular complexity index is 517. The largest absolute Gasteiger partial charge is 0.381 e. The first-order chi connectivity index (χ1) is 7.91. The lowest BCUT2D eigenvalue weighted by Gasteiger charge is -2.25. The van der Waals surface area contributed by atoms with E-state index in [4.69, 9.17) is 0 Å². The van der Waals surface area contributed by atoms with Gasteiger partial charge in [-0.25, -0.2) is 0 Å². The molecule has 0 aliphatic heterocycles. The van der Waals surface area contributed by atoms with Gasteiger partial charge < -0.3 is 5.11 Å². The van der Waals surface area contributed by atoms with Crippen LogP contribution in [0.2, 0.25) is 0 Å². The van der Waals surface area contributed by atoms with Crippen LogP contribution in [0, 0.1) is 20.8 Å². The standard InChI is InChI=1S/C15H18OS/c1-10-7-11(2)9-13(8-10)15(4,16)14-5-6-17-12(14)3/h5-9,16H,1-4H3. The summed E-state index contributed by atoms with van der Waals surface area (Å²) in [6.45, 7) is 8.05. The highest BCUT2D eigenvalue weighted by Crippen LogP contribution is 2.34. The van der Waals surface area contributed by atoms with Gasteiger partial charge in [0.25, 0.3) is 0 Å². The molecule has 0 fully saturated rings. The van der Waals surface area contributed by atoms with Gasteiger partial charge in [-0.1, -0.05) is 29.3 Å². The molecule has 0 radical (unpaired) electrons. The van der Waals surface area contributed by atoms with Crippen LogP contribution in [0.4, 0.5) is 0 Å². The summed E-state index contributed by atoms with van der Waals surface area (Å²) in [5.41, 5.74) is 3.45. The molecule has 0 spiro atoms. The number of benzene rings is 1. The monoisotopic (exact) mass is 246 g/mol. The number of rotatable bonds is 2. The second kappa shape index (κ2) is 4.28. The maximum atomic E-state index is 10.8. The summed E-state index contributed by atoms with van der Waals surface area (Å²) in [4.78, 5) is 1.18. The van der Waals surface area contributed by atoms with E-state index >= 15 is 0 Å². The van der Waals surface area contributed by atoms with Crippen LogP contribution >= 0.6 is 11.3 Å². The number of hydrogen-bond donors (Lipinski definition) is 1. The second-order valence-electron chi connectivity index (χ2n) is 4.84. The van der Waals surface area contributed by atoms with Crippen molar-refractivity contribution in [2.45, 2.75) is 33.3 Å². The molecule has 1 unspecified atom stereocenters. The summed E-state index contributed by atoms with van der Waals surface area (Å²) < 4.78 is 0. The molecule has 0 saturated carbocycles. The van der Waals surface area contributed by atoms with Crippen LogP contribution in [0.25, 0.3) is 0 Å². The van der Waals surface area contributed by atoms with Crippen LogP contribution in [0.5, 0.6) is 0 Å². The van der Waals surface area contributed by atoms with Crippen LogP contribution < -0.4 is 0 Å². The maximum absolute atomic E-state index is 10.8. The second-order valence-corrected chi connectivity index (χ2v) is 5.96. The average Bonchev–Trinajstić information content (AvgIpc) is 2.63. The van der Waals surface area contributed by atoms with E-state index in [9.17, 15) is 5.11 Å². The van der Waals surface area contributed by atoms with Crippen LogP contribution in [0.3, 0.4) is 0 Å². The highest BCUT2D eigenvalue weighted by Gasteiger charge is 2.28. The van der Waals surface area contributed by atoms with Crippen LogP contribution in [-0.4, -0.2) is 5.11 Å². The molecule has 17 heavy (non-hydrogen) atoms. The van der Waals surface area contributed by atoms with Gasteiger partial charge in [0.15, 0.2) is 0 Å². The van der Waals surface area contributed by atoms with Crippen molar-refractivity contribution in [3.63, 3.8) is 0 Å². The molecule has 0 saturated heterocycles. The van der Waals surface area contributed by atoms with Gasteiger partial charge in [-0.05, 0) is 44.7 Å². The van der Waals surface area contributed by atoms with Crippen LogP contribution in [0.15, 0.2) is 29.6 Å². The van der Waals surface area contributed by atoms with Gasteiger partial charge in [0, 0.05) is 10.4 Å². The summed E-state index contributed by atoms with van der Waals surface area (Å²) in [6, 6.07) is 8.26. The van der Waals surface area contributed by atoms with E-state index in [1.54, 1.807) is 11.3 Å². The van der Waals surface area contributed by atoms with E-state index in [0.29, 0.717) is 0 Å². The molecule has 1 heterocycles. The summed E-state index contributed by atoms with van der Waals surface area (Å²) in [5.74, 6) is 0. The Kier molecular flexibility index (Phi) is 3.11. The quantitative estimate of drug-likeness (QED) is 0.851. The van der Waals surface area contributed by atoms with Gasteiger partial charge >= 0.3 is 0 Å². The highest BCUT2D eigenvalue weighted by molar-refractivity contribution is 7.10. The smallest absolute Gasteiger partial charge is 0.113 e. The normalized spacial score (nSPS) is 14.6. The molecule has 2 aromatic rings. The zero-order valence-electron chi connectivity index (χ0n) is 10.7. The average molecular weight is 246 g/mol. The van der Waals surface area contributed by atoms with Crippen molar-refractivity contribution in [3.05, 3.63) is 56.8 Å². The highest BCUT2D eigenvalue weighted by atomic mass is 32.1. The van der Waals surface area contributed by atoms with Crippen molar-refractivity contribution < 1.29 is 5.11 Å². The zero-order valence-corrected chi connectivity index (χ0v) is 11.6. The van der Waals surface area contributed by atoms with E-state index in [2.05, 4.69) is 39.0 Å². The molecular weight excluding hydrogens is 228 g/mol. The third kappa shape index (κ3) is 2.28. The predicted octanol–water partition coefficient (Wildman–Crippen LogP) is 3.93. The Morgan fingerprint density at radius 1 is 1.06 bits per heavy atom. The zero-order chi connectivity index (χ0) is 12.6. The fourth-order valence-electron chi connectivity index (χ4n) is 2.30. The number of aryl methyl sites for hydroxylation is 3. The molecule has 0 aliphatic rings. The fourth-order valence-corrected chi connectivity index (χ4v) is 3.10. The lowest BCUT2D eigenvalue weighted by Crippen LogP contribution is -2.23. The van der Waals surface area contributed by atoms with Crippen molar-refractivity contribution in [1.82, 2.24) is 0 Å². The van der Waals surface area contributed by atoms with Crippen molar-refractivity contribution in [2.24, 2.45) is 0 Å². The first-order valence-electron chi connectivity index (χ1n) is 5.77. The summed E-state index contributed by atoms with van der Waals surface area (Å²) >= 11 is 1.67. The topological polar surface area (TPSA) is 20.2 Å². The molecule has 90 valence electrons. The lowest BCUT2D eigenvalue weighted by atomic mass is 9.87. The Balaban J connectivity index is 2.55. The minimum absolute atomic E-state index is 0.902. The molecule has 1 aromatic heterocycles. The predicted molar refractivity (Wildman–Crippen MR) is 73.6 cm³/mol. The van der Waals surface area contributed by atoms with E-state index in [1.165, 1.54) is 16.0 Å². The minimum Gasteiger partial charge on any atom is -0.381 e. The van der Waals surface area contributed by atoms with Gasteiger partial charge in [0.05, 0.1) is 0 Å². The number of thiophene rings is 1. The molecular formula is C15H18OS. The van der Waals surface area contributed by atoms with E-state index in [0.717, 1.165) is 11.1 Å². The molecule has 0 aliphatic carbocycles. The third-order valence-corrected chi connectivity index (χ3v) is 4.01. The van der Waals surface area contributed by atoms with Gasteiger partial charge in [-0.2, -0.15) is 0 Å². The Morgan fingerprint density at radius 2 is 1.65 bits per heavy atom. The van der Waals surface area contributed by atoms with Gasteiger partial charge in [0.1, 0.15) is 5.60 Å². The van der Waals surface area contributed by atoms with Crippen molar-refractivity contribution in [1.29, 1.82) is 0 Å². The molecule has 1 N–H and O–H groups in total. The van der Waals surface area contributed by atoms with Crippen LogP contribution in [-0.2, 0) is 5.60 Å². The molecule has 0 bridgehead atoms. The molecule has 2 rings (SSSR count). The van der Waals surface area contributed by atoms with Crippen LogP contribution in [0.1, 0.15) is 34.1 Å². The molecule has 1 nitrogen and oxygen atoms in total. The van der Waals surface area contributed by atoms with E-state index in [-0.39, 0.29) is 0 Å². The Hall–Kier alpha value is -1.12. The van der Waals surface area contributed by atoms with Crippen molar-refractivity contribution >= 4 is 11.3 Å². The first kappa shape index (κ1) is 12.3. The Morgan fingerprint density at radius 3 is 2.12 bits per heavy atom. The van der Waals surface area contributed by atoms with Gasteiger partial charge in [-0.15, -0.1) is 11.3 Å². The summed E-state index contributed by atoms with van der Waals surface area (Å²) in [6.07, 6.45) is 0. The van der Waals surface area contributed by atoms with Crippen molar-refractivity contribution in [2.75, 3.05) is 0 Å². The molecule has 2 heteroatoms. The molecule has 1 aromatic carbocycles. The number of hydrogen-bond acceptors (Lipinski definition) is 2. The third-order valence-electron chi connectivity index (χ3n) is 3.17. The Labute approximate surface area is 107 Å². The van der Waals surface area contributed by atoms with Gasteiger partial charge in [0.2, 0.25) is 0 Å². The first-order valence-corrected chi connectivity index (χ1v) is 6.65. The van der Waals surface area contributed by atoms with E-state index < -0.39 is 5.60 Å². The number of aliphatic hydroxyl groups is 1. The fraction of sp³-hybridized carbons (Fsp3) is 0.333.